The summed E-state index contributed by atoms with van der Waals surface area (Å²) in [5, 5.41) is 7.85. The van der Waals surface area contributed by atoms with Crippen LogP contribution in [0.2, 0.25) is 0 Å². The summed E-state index contributed by atoms with van der Waals surface area (Å²) in [5.41, 5.74) is 0. The van der Waals surface area contributed by atoms with Crippen molar-refractivity contribution in [2.75, 3.05) is 13.2 Å². The predicted octanol–water partition coefficient (Wildman–Crippen LogP) is 1.10. The van der Waals surface area contributed by atoms with E-state index in [-0.39, 0.29) is 0 Å². The first-order valence-corrected chi connectivity index (χ1v) is 4.84. The van der Waals surface area contributed by atoms with Gasteiger partial charge in [-0.3, -0.25) is 0 Å². The molecule has 11 heavy (non-hydrogen) atoms. The summed E-state index contributed by atoms with van der Waals surface area (Å²) in [6.45, 7) is 2.05. The van der Waals surface area contributed by atoms with Crippen molar-refractivity contribution in [3.63, 3.8) is 0 Å². The second-order valence-corrected chi connectivity index (χ2v) is 3.76. The molecule has 0 amide bonds. The maximum absolute atomic E-state index is 4.55. The largest absolute Gasteiger partial charge is 0.302 e. The monoisotopic (exact) mass is 153 g/mol. The molecular formula is C9H17N2. The first kappa shape index (κ1) is 7.56. The van der Waals surface area contributed by atoms with Crippen molar-refractivity contribution in [1.29, 1.82) is 0 Å². The second kappa shape index (κ2) is 3.55. The fourth-order valence-corrected chi connectivity index (χ4v) is 2.29. The van der Waals surface area contributed by atoms with Gasteiger partial charge in [-0.25, -0.2) is 5.32 Å². The Labute approximate surface area is 68.7 Å². The molecule has 0 spiro atoms. The van der Waals surface area contributed by atoms with E-state index in [2.05, 4.69) is 10.6 Å². The van der Waals surface area contributed by atoms with Gasteiger partial charge in [0.05, 0.1) is 6.67 Å². The zero-order valence-corrected chi connectivity index (χ0v) is 7.05. The highest BCUT2D eigenvalue weighted by molar-refractivity contribution is 4.83. The van der Waals surface area contributed by atoms with Crippen molar-refractivity contribution in [1.82, 2.24) is 10.6 Å². The summed E-state index contributed by atoms with van der Waals surface area (Å²) in [7, 11) is 0. The maximum Gasteiger partial charge on any atom is 0.0628 e. The molecule has 0 aromatic carbocycles. The molecule has 1 aliphatic heterocycles. The third-order valence-corrected chi connectivity index (χ3v) is 2.99. The van der Waals surface area contributed by atoms with Gasteiger partial charge in [0.1, 0.15) is 0 Å². The molecule has 63 valence electrons. The molecule has 2 heteroatoms. The Kier molecular flexibility index (Phi) is 2.44. The summed E-state index contributed by atoms with van der Waals surface area (Å²) in [4.78, 5) is 0. The highest BCUT2D eigenvalue weighted by Crippen LogP contribution is 2.27. The SMILES string of the molecule is C1CCC(C2CNC[N]2)CC1. The van der Waals surface area contributed by atoms with Gasteiger partial charge in [-0.05, 0) is 18.8 Å². The molecule has 2 fully saturated rings. The van der Waals surface area contributed by atoms with Gasteiger partial charge in [0.25, 0.3) is 0 Å². The van der Waals surface area contributed by atoms with Crippen LogP contribution in [0.1, 0.15) is 32.1 Å². The molecule has 1 N–H and O–H groups in total. The topological polar surface area (TPSA) is 26.1 Å². The molecule has 1 radical (unpaired) electrons. The zero-order chi connectivity index (χ0) is 7.52. The highest BCUT2D eigenvalue weighted by atomic mass is 15.2. The molecule has 1 saturated heterocycles. The van der Waals surface area contributed by atoms with Crippen LogP contribution in [0.3, 0.4) is 0 Å². The molecule has 2 nitrogen and oxygen atoms in total. The van der Waals surface area contributed by atoms with Crippen molar-refractivity contribution in [2.24, 2.45) is 5.92 Å². The molecule has 0 bridgehead atoms. The van der Waals surface area contributed by atoms with E-state index in [1.165, 1.54) is 32.1 Å². The van der Waals surface area contributed by atoms with Crippen molar-refractivity contribution >= 4 is 0 Å². The minimum absolute atomic E-state index is 0.662. The van der Waals surface area contributed by atoms with Gasteiger partial charge >= 0.3 is 0 Å². The lowest BCUT2D eigenvalue weighted by Crippen LogP contribution is -2.29. The summed E-state index contributed by atoms with van der Waals surface area (Å²) < 4.78 is 0. The molecule has 0 aromatic rings. The van der Waals surface area contributed by atoms with Crippen LogP contribution in [0.25, 0.3) is 0 Å². The van der Waals surface area contributed by atoms with Gasteiger partial charge in [-0.15, -0.1) is 0 Å². The first-order valence-electron chi connectivity index (χ1n) is 4.84. The van der Waals surface area contributed by atoms with Crippen LogP contribution in [0.15, 0.2) is 0 Å². The van der Waals surface area contributed by atoms with Gasteiger partial charge in [-0.2, -0.15) is 0 Å². The number of hydrogen-bond donors (Lipinski definition) is 1. The Bertz CT molecular complexity index is 113. The number of nitrogens with one attached hydrogen (secondary N) is 1. The van der Waals surface area contributed by atoms with Gasteiger partial charge < -0.3 is 5.32 Å². The van der Waals surface area contributed by atoms with Gasteiger partial charge in [0.15, 0.2) is 0 Å². The molecule has 1 unspecified atom stereocenters. The normalized spacial score (nSPS) is 34.4. The van der Waals surface area contributed by atoms with Crippen molar-refractivity contribution in [3.05, 3.63) is 0 Å². The Hall–Kier alpha value is -0.0800. The van der Waals surface area contributed by atoms with E-state index < -0.39 is 0 Å². The second-order valence-electron chi connectivity index (χ2n) is 3.76. The Morgan fingerprint density at radius 3 is 2.55 bits per heavy atom. The van der Waals surface area contributed by atoms with Crippen molar-refractivity contribution in [2.45, 2.75) is 38.1 Å². The fourth-order valence-electron chi connectivity index (χ4n) is 2.29. The van der Waals surface area contributed by atoms with Crippen LogP contribution in [0, 0.1) is 5.92 Å². The quantitative estimate of drug-likeness (QED) is 0.600. The van der Waals surface area contributed by atoms with E-state index in [9.17, 15) is 0 Å². The molecule has 1 saturated carbocycles. The summed E-state index contributed by atoms with van der Waals surface area (Å²) in [6.07, 6.45) is 7.19. The molecule has 1 aliphatic carbocycles. The van der Waals surface area contributed by atoms with Crippen molar-refractivity contribution < 1.29 is 0 Å². The van der Waals surface area contributed by atoms with Crippen LogP contribution in [0.4, 0.5) is 0 Å². The van der Waals surface area contributed by atoms with E-state index >= 15 is 0 Å². The van der Waals surface area contributed by atoms with Crippen LogP contribution < -0.4 is 10.6 Å². The first-order chi connectivity index (χ1) is 5.47. The third-order valence-electron chi connectivity index (χ3n) is 2.99. The lowest BCUT2D eigenvalue weighted by molar-refractivity contribution is 0.293. The molecule has 1 heterocycles. The highest BCUT2D eigenvalue weighted by Gasteiger charge is 2.26. The van der Waals surface area contributed by atoms with E-state index in [1.807, 2.05) is 0 Å². The summed E-state index contributed by atoms with van der Waals surface area (Å²) >= 11 is 0. The minimum Gasteiger partial charge on any atom is -0.302 e. The summed E-state index contributed by atoms with van der Waals surface area (Å²) in [6, 6.07) is 0.662. The Morgan fingerprint density at radius 1 is 1.09 bits per heavy atom. The standard InChI is InChI=1S/C9H17N2/c1-2-4-8(5-3-1)9-6-10-7-11-9/h8-10H,1-7H2. The average Bonchev–Trinajstić information content (AvgIpc) is 2.58. The van der Waals surface area contributed by atoms with Crippen LogP contribution >= 0.6 is 0 Å². The van der Waals surface area contributed by atoms with Gasteiger partial charge in [0.2, 0.25) is 0 Å². The minimum atomic E-state index is 0.662. The van der Waals surface area contributed by atoms with E-state index in [4.69, 9.17) is 0 Å². The maximum atomic E-state index is 4.55. The van der Waals surface area contributed by atoms with Crippen LogP contribution in [0.5, 0.6) is 0 Å². The van der Waals surface area contributed by atoms with Crippen LogP contribution in [-0.4, -0.2) is 19.3 Å². The van der Waals surface area contributed by atoms with E-state index in [0.29, 0.717) is 6.04 Å². The summed E-state index contributed by atoms with van der Waals surface area (Å²) in [5.74, 6) is 0.916. The zero-order valence-electron chi connectivity index (χ0n) is 7.05. The van der Waals surface area contributed by atoms with Crippen molar-refractivity contribution in [3.8, 4) is 0 Å². The molecule has 0 aromatic heterocycles. The lowest BCUT2D eigenvalue weighted by Gasteiger charge is -2.25. The van der Waals surface area contributed by atoms with E-state index in [1.54, 1.807) is 0 Å². The number of nitrogens with zero attached hydrogens (tertiary/aromatic N) is 1. The van der Waals surface area contributed by atoms with E-state index in [0.717, 1.165) is 19.1 Å². The molecular weight excluding hydrogens is 136 g/mol. The Balaban J connectivity index is 1.82. The lowest BCUT2D eigenvalue weighted by atomic mass is 9.84. The molecule has 1 atom stereocenters. The van der Waals surface area contributed by atoms with Gasteiger partial charge in [0, 0.05) is 12.6 Å². The molecule has 2 aliphatic rings. The smallest absolute Gasteiger partial charge is 0.0628 e. The van der Waals surface area contributed by atoms with Gasteiger partial charge in [-0.1, -0.05) is 19.3 Å². The fraction of sp³-hybridized carbons (Fsp3) is 1.00. The third kappa shape index (κ3) is 1.74. The Morgan fingerprint density at radius 2 is 1.91 bits per heavy atom. The number of rotatable bonds is 1. The van der Waals surface area contributed by atoms with Crippen LogP contribution in [-0.2, 0) is 0 Å². The predicted molar refractivity (Wildman–Crippen MR) is 45.4 cm³/mol. The average molecular weight is 153 g/mol. The number of hydrogen-bond acceptors (Lipinski definition) is 1. The molecule has 2 rings (SSSR count).